The second kappa shape index (κ2) is 9.15. The highest BCUT2D eigenvalue weighted by molar-refractivity contribution is 6.07. The van der Waals surface area contributed by atoms with E-state index in [0.29, 0.717) is 24.9 Å². The van der Waals surface area contributed by atoms with Crippen LogP contribution in [0.25, 0.3) is 0 Å². The van der Waals surface area contributed by atoms with E-state index in [1.54, 1.807) is 19.9 Å². The number of aliphatic hydroxyl groups excluding tert-OH is 1. The van der Waals surface area contributed by atoms with Crippen molar-refractivity contribution in [3.63, 3.8) is 0 Å². The Kier molecular flexibility index (Phi) is 6.46. The summed E-state index contributed by atoms with van der Waals surface area (Å²) in [5.41, 5.74) is 0.734. The molecule has 0 radical (unpaired) electrons. The summed E-state index contributed by atoms with van der Waals surface area (Å²) in [5.74, 6) is 4.67. The lowest BCUT2D eigenvalue weighted by atomic mass is 9.14. The minimum atomic E-state index is -0.534. The van der Waals surface area contributed by atoms with E-state index in [4.69, 9.17) is 9.47 Å². The molecule has 5 heteroatoms. The minimum Gasteiger partial charge on any atom is -0.461 e. The third-order valence-electron chi connectivity index (χ3n) is 9.51. The fraction of sp³-hybridized carbons (Fsp3) is 0.667. The molecule has 4 fully saturated rings. The second-order valence-electron chi connectivity index (χ2n) is 12.3. The summed E-state index contributed by atoms with van der Waals surface area (Å²) in [6.45, 7) is 7.89. The van der Waals surface area contributed by atoms with Gasteiger partial charge in [0.05, 0.1) is 18.8 Å². The van der Waals surface area contributed by atoms with Gasteiger partial charge in [0.1, 0.15) is 6.61 Å². The molecule has 0 heterocycles. The number of ketones is 1. The summed E-state index contributed by atoms with van der Waals surface area (Å²) in [4.78, 5) is 24.0. The highest BCUT2D eigenvalue weighted by Gasteiger charge is 2.85. The first-order valence-electron chi connectivity index (χ1n) is 13.4. The Labute approximate surface area is 209 Å². The highest BCUT2D eigenvalue weighted by atomic mass is 16.6. The molecule has 0 aromatic heterocycles. The molecule has 0 spiro atoms. The number of ether oxygens (including phenoxy) is 2. The largest absolute Gasteiger partial charge is 0.461 e. The number of hydrogen-bond donors (Lipinski definition) is 1. The van der Waals surface area contributed by atoms with Crippen LogP contribution in [0.15, 0.2) is 48.1 Å². The molecule has 190 valence electrons. The van der Waals surface area contributed by atoms with Crippen molar-refractivity contribution < 1.29 is 24.2 Å². The Bertz CT molecular complexity index is 969. The van der Waals surface area contributed by atoms with Crippen LogP contribution in [0.5, 0.6) is 0 Å². The Balaban J connectivity index is 1.09. The molecular weight excluding hydrogens is 440 g/mol. The van der Waals surface area contributed by atoms with Crippen LogP contribution in [0.4, 0.5) is 0 Å². The third kappa shape index (κ3) is 4.19. The molecular formula is C30H40O5. The van der Waals surface area contributed by atoms with Crippen LogP contribution < -0.4 is 0 Å². The zero-order valence-corrected chi connectivity index (χ0v) is 21.5. The molecule has 5 nitrogen and oxygen atoms in total. The van der Waals surface area contributed by atoms with E-state index in [9.17, 15) is 14.7 Å². The van der Waals surface area contributed by atoms with Gasteiger partial charge in [-0.15, -0.1) is 0 Å². The Morgan fingerprint density at radius 3 is 2.71 bits per heavy atom. The molecule has 0 aliphatic heterocycles. The molecule has 4 saturated carbocycles. The van der Waals surface area contributed by atoms with E-state index >= 15 is 0 Å². The van der Waals surface area contributed by atoms with Gasteiger partial charge in [-0.3, -0.25) is 4.79 Å². The molecule has 35 heavy (non-hydrogen) atoms. The molecule has 8 atom stereocenters. The first kappa shape index (κ1) is 24.7. The standard InChI is InChI=1S/C30H40O5/c1-18(2)35-26(33)17-34-13-6-5-8-19-10-11-24(31)21(19)15-29(3,4)25(32)9-7-12-30-16-22-20-14-23(30)27(20)28(22)30/h5-7,10-12,15,18-20,22-23,25,27-28,32H,8-9,13-14,16-17H2,1-4H3/b6-5-,12-7-,21-15+. The van der Waals surface area contributed by atoms with Crippen molar-refractivity contribution in [1.29, 1.82) is 0 Å². The Morgan fingerprint density at radius 1 is 1.26 bits per heavy atom. The van der Waals surface area contributed by atoms with Gasteiger partial charge in [-0.25, -0.2) is 4.79 Å². The molecule has 5 aliphatic carbocycles. The number of rotatable bonds is 12. The normalized spacial score (nSPS) is 38.3. The molecule has 0 amide bonds. The first-order chi connectivity index (χ1) is 16.6. The minimum absolute atomic E-state index is 0.00504. The summed E-state index contributed by atoms with van der Waals surface area (Å²) in [6, 6.07) is 0. The zero-order chi connectivity index (χ0) is 25.0. The number of fused-ring (bicyclic) bond motifs is 2. The average Bonchev–Trinajstić information content (AvgIpc) is 3.12. The lowest BCUT2D eigenvalue weighted by Gasteiger charge is -2.90. The zero-order valence-electron chi connectivity index (χ0n) is 21.5. The van der Waals surface area contributed by atoms with E-state index in [0.717, 1.165) is 35.2 Å². The van der Waals surface area contributed by atoms with Gasteiger partial charge in [-0.1, -0.05) is 50.3 Å². The maximum Gasteiger partial charge on any atom is 0.332 e. The van der Waals surface area contributed by atoms with Crippen LogP contribution in [0.2, 0.25) is 0 Å². The molecule has 8 unspecified atom stereocenters. The van der Waals surface area contributed by atoms with Crippen LogP contribution in [0, 0.1) is 46.3 Å². The van der Waals surface area contributed by atoms with Gasteiger partial charge in [-0.2, -0.15) is 0 Å². The van der Waals surface area contributed by atoms with E-state index in [1.165, 1.54) is 12.8 Å². The molecule has 0 aromatic carbocycles. The lowest BCUT2D eigenvalue weighted by molar-refractivity contribution is -0.408. The maximum atomic E-state index is 12.5. The highest BCUT2D eigenvalue weighted by Crippen LogP contribution is 2.90. The number of hydrogen-bond acceptors (Lipinski definition) is 5. The monoisotopic (exact) mass is 480 g/mol. The third-order valence-corrected chi connectivity index (χ3v) is 9.51. The van der Waals surface area contributed by atoms with Crippen molar-refractivity contribution >= 4 is 11.8 Å². The van der Waals surface area contributed by atoms with E-state index in [-0.39, 0.29) is 30.4 Å². The molecule has 0 bridgehead atoms. The van der Waals surface area contributed by atoms with Gasteiger partial charge in [0.25, 0.3) is 0 Å². The number of esters is 1. The van der Waals surface area contributed by atoms with Crippen molar-refractivity contribution in [1.82, 2.24) is 0 Å². The molecule has 5 aliphatic rings. The van der Waals surface area contributed by atoms with Crippen molar-refractivity contribution in [2.75, 3.05) is 13.2 Å². The van der Waals surface area contributed by atoms with Gasteiger partial charge in [-0.05, 0) is 80.6 Å². The molecule has 1 N–H and O–H groups in total. The van der Waals surface area contributed by atoms with Crippen LogP contribution >= 0.6 is 0 Å². The van der Waals surface area contributed by atoms with E-state index in [1.807, 2.05) is 38.2 Å². The average molecular weight is 481 g/mol. The lowest BCUT2D eigenvalue weighted by Crippen LogP contribution is -2.85. The molecule has 5 rings (SSSR count). The Hall–Kier alpha value is -1.98. The van der Waals surface area contributed by atoms with E-state index in [2.05, 4.69) is 12.2 Å². The second-order valence-corrected chi connectivity index (χ2v) is 12.3. The summed E-state index contributed by atoms with van der Waals surface area (Å²) in [5, 5.41) is 11.0. The summed E-state index contributed by atoms with van der Waals surface area (Å²) < 4.78 is 10.4. The smallest absolute Gasteiger partial charge is 0.332 e. The number of carbonyl (C=O) groups excluding carboxylic acids is 2. The van der Waals surface area contributed by atoms with Crippen molar-refractivity contribution in [3.05, 3.63) is 48.1 Å². The number of allylic oxidation sites excluding steroid dienone is 5. The van der Waals surface area contributed by atoms with Gasteiger partial charge in [0.2, 0.25) is 0 Å². The fourth-order valence-electron chi connectivity index (χ4n) is 7.68. The summed E-state index contributed by atoms with van der Waals surface area (Å²) >= 11 is 0. The van der Waals surface area contributed by atoms with Gasteiger partial charge in [0.15, 0.2) is 5.78 Å². The molecule has 0 saturated heterocycles. The van der Waals surface area contributed by atoms with Gasteiger partial charge in [0, 0.05) is 16.9 Å². The predicted molar refractivity (Wildman–Crippen MR) is 134 cm³/mol. The van der Waals surface area contributed by atoms with Gasteiger partial charge >= 0.3 is 5.97 Å². The predicted octanol–water partition coefficient (Wildman–Crippen LogP) is 4.82. The van der Waals surface area contributed by atoms with Crippen molar-refractivity contribution in [2.24, 2.45) is 46.3 Å². The Morgan fingerprint density at radius 2 is 2.06 bits per heavy atom. The van der Waals surface area contributed by atoms with Crippen LogP contribution in [-0.2, 0) is 19.1 Å². The van der Waals surface area contributed by atoms with Crippen LogP contribution in [-0.4, -0.2) is 42.3 Å². The fourth-order valence-corrected chi connectivity index (χ4v) is 7.68. The van der Waals surface area contributed by atoms with Gasteiger partial charge < -0.3 is 14.6 Å². The van der Waals surface area contributed by atoms with Crippen molar-refractivity contribution in [2.45, 2.75) is 65.6 Å². The summed E-state index contributed by atoms with van der Waals surface area (Å²) in [7, 11) is 0. The van der Waals surface area contributed by atoms with Crippen LogP contribution in [0.1, 0.15) is 53.4 Å². The first-order valence-corrected chi connectivity index (χ1v) is 13.4. The SMILES string of the molecule is CC(C)OC(=O)COC/C=C\CC1C=CC(=O)/C1=C/C(C)(C)C(O)C/C=C\C12CC3C4CC1C4C32. The quantitative estimate of drug-likeness (QED) is 0.188. The number of carbonyl (C=O) groups is 2. The summed E-state index contributed by atoms with van der Waals surface area (Å²) in [6.07, 6.45) is 17.5. The molecule has 0 aromatic rings. The topological polar surface area (TPSA) is 72.8 Å². The van der Waals surface area contributed by atoms with Crippen LogP contribution in [0.3, 0.4) is 0 Å². The number of aliphatic hydroxyl groups is 1. The van der Waals surface area contributed by atoms with Crippen molar-refractivity contribution in [3.8, 4) is 0 Å². The van der Waals surface area contributed by atoms with E-state index < -0.39 is 11.5 Å². The maximum absolute atomic E-state index is 12.5.